The van der Waals surface area contributed by atoms with Crippen molar-refractivity contribution in [1.29, 1.82) is 0 Å². The van der Waals surface area contributed by atoms with E-state index in [0.29, 0.717) is 13.0 Å². The van der Waals surface area contributed by atoms with Gasteiger partial charge >= 0.3 is 5.97 Å². The van der Waals surface area contributed by atoms with Gasteiger partial charge in [-0.1, -0.05) is 12.1 Å². The van der Waals surface area contributed by atoms with E-state index < -0.39 is 11.5 Å². The molecule has 114 valence electrons. The van der Waals surface area contributed by atoms with Crippen molar-refractivity contribution in [3.05, 3.63) is 29.3 Å². The normalized spacial score (nSPS) is 21.4. The van der Waals surface area contributed by atoms with Gasteiger partial charge in [-0.05, 0) is 43.9 Å². The van der Waals surface area contributed by atoms with Gasteiger partial charge < -0.3 is 14.7 Å². The Morgan fingerprint density at radius 1 is 1.43 bits per heavy atom. The summed E-state index contributed by atoms with van der Waals surface area (Å²) in [5, 5.41) is 9.36. The molecule has 0 spiro atoms. The third-order valence-corrected chi connectivity index (χ3v) is 4.23. The van der Waals surface area contributed by atoms with Crippen LogP contribution in [0.2, 0.25) is 0 Å². The zero-order valence-electron chi connectivity index (χ0n) is 12.7. The van der Waals surface area contributed by atoms with Crippen molar-refractivity contribution in [2.45, 2.75) is 38.6 Å². The Morgan fingerprint density at radius 3 is 2.76 bits per heavy atom. The molecule has 1 heterocycles. The molecule has 1 aliphatic heterocycles. The Labute approximate surface area is 124 Å². The number of carboxylic acids is 1. The number of likely N-dealkylation sites (tertiary alicyclic amines) is 1. The molecule has 1 fully saturated rings. The molecule has 5 nitrogen and oxygen atoms in total. The fourth-order valence-electron chi connectivity index (χ4n) is 2.83. The van der Waals surface area contributed by atoms with E-state index in [1.807, 2.05) is 25.1 Å². The summed E-state index contributed by atoms with van der Waals surface area (Å²) in [6.07, 6.45) is 1.43. The maximum absolute atomic E-state index is 12.4. The molecule has 1 saturated heterocycles. The number of aliphatic carboxylic acids is 1. The molecule has 1 amide bonds. The summed E-state index contributed by atoms with van der Waals surface area (Å²) in [5.41, 5.74) is 0.763. The summed E-state index contributed by atoms with van der Waals surface area (Å²) < 4.78 is 5.25. The van der Waals surface area contributed by atoms with Crippen LogP contribution >= 0.6 is 0 Å². The van der Waals surface area contributed by atoms with E-state index >= 15 is 0 Å². The highest BCUT2D eigenvalue weighted by Gasteiger charge is 2.45. The molecule has 0 saturated carbocycles. The van der Waals surface area contributed by atoms with Crippen LogP contribution in [-0.2, 0) is 16.0 Å². The molecule has 5 heteroatoms. The number of benzene rings is 1. The zero-order chi connectivity index (χ0) is 15.6. The number of carbonyl (C=O) groups excluding carboxylic acids is 1. The number of carboxylic acid groups (broad SMARTS) is 1. The third kappa shape index (κ3) is 2.86. The minimum absolute atomic E-state index is 0.150. The van der Waals surface area contributed by atoms with Gasteiger partial charge in [0.05, 0.1) is 13.5 Å². The Balaban J connectivity index is 2.16. The molecule has 0 bridgehead atoms. The summed E-state index contributed by atoms with van der Waals surface area (Å²) in [7, 11) is 1.59. The lowest BCUT2D eigenvalue weighted by molar-refractivity contribution is -0.155. The van der Waals surface area contributed by atoms with E-state index in [-0.39, 0.29) is 12.3 Å². The second-order valence-electron chi connectivity index (χ2n) is 5.71. The van der Waals surface area contributed by atoms with Gasteiger partial charge in [-0.25, -0.2) is 4.79 Å². The lowest BCUT2D eigenvalue weighted by atomic mass is 9.98. The number of carbonyl (C=O) groups is 2. The number of ether oxygens (including phenoxy) is 1. The van der Waals surface area contributed by atoms with Crippen molar-refractivity contribution in [3.63, 3.8) is 0 Å². The number of rotatable bonds is 4. The van der Waals surface area contributed by atoms with Gasteiger partial charge in [0.2, 0.25) is 5.91 Å². The van der Waals surface area contributed by atoms with Gasteiger partial charge in [-0.3, -0.25) is 4.79 Å². The molecule has 0 aliphatic carbocycles. The summed E-state index contributed by atoms with van der Waals surface area (Å²) in [6.45, 7) is 4.06. The molecule has 1 aromatic carbocycles. The maximum atomic E-state index is 12.4. The number of hydrogen-bond acceptors (Lipinski definition) is 3. The van der Waals surface area contributed by atoms with Crippen LogP contribution in [0.4, 0.5) is 0 Å². The Bertz CT molecular complexity index is 569. The monoisotopic (exact) mass is 291 g/mol. The summed E-state index contributed by atoms with van der Waals surface area (Å²) in [5.74, 6) is -0.346. The standard InChI is InChI=1S/C16H21NO4/c1-11-5-6-12(9-13(11)21-3)10-14(18)17-8-4-7-16(17,2)15(19)20/h5-6,9H,4,7-8,10H2,1-3H3,(H,19,20). The molecule has 1 N–H and O–H groups in total. The predicted molar refractivity (Wildman–Crippen MR) is 78.4 cm³/mol. The lowest BCUT2D eigenvalue weighted by Crippen LogP contribution is -2.51. The van der Waals surface area contributed by atoms with Gasteiger partial charge in [0.15, 0.2) is 0 Å². The maximum Gasteiger partial charge on any atom is 0.329 e. The average Bonchev–Trinajstić information content (AvgIpc) is 2.84. The number of hydrogen-bond donors (Lipinski definition) is 1. The van der Waals surface area contributed by atoms with Gasteiger partial charge in [0.1, 0.15) is 11.3 Å². The average molecular weight is 291 g/mol. The minimum Gasteiger partial charge on any atom is -0.496 e. The van der Waals surface area contributed by atoms with E-state index in [1.165, 1.54) is 4.90 Å². The lowest BCUT2D eigenvalue weighted by Gasteiger charge is -2.31. The van der Waals surface area contributed by atoms with Crippen LogP contribution in [0.5, 0.6) is 5.75 Å². The van der Waals surface area contributed by atoms with Crippen LogP contribution in [0.15, 0.2) is 18.2 Å². The fourth-order valence-corrected chi connectivity index (χ4v) is 2.83. The molecule has 1 unspecified atom stereocenters. The minimum atomic E-state index is -1.08. The summed E-state index contributed by atoms with van der Waals surface area (Å²) in [4.78, 5) is 25.4. The highest BCUT2D eigenvalue weighted by Crippen LogP contribution is 2.30. The largest absolute Gasteiger partial charge is 0.496 e. The summed E-state index contributed by atoms with van der Waals surface area (Å²) in [6, 6.07) is 5.62. The van der Waals surface area contributed by atoms with Gasteiger partial charge in [0, 0.05) is 6.54 Å². The topological polar surface area (TPSA) is 66.8 Å². The van der Waals surface area contributed by atoms with E-state index in [9.17, 15) is 14.7 Å². The predicted octanol–water partition coefficient (Wildman–Crippen LogP) is 2.01. The first-order chi connectivity index (χ1) is 9.88. The van der Waals surface area contributed by atoms with Crippen LogP contribution < -0.4 is 4.74 Å². The SMILES string of the molecule is COc1cc(CC(=O)N2CCCC2(C)C(=O)O)ccc1C. The molecule has 2 rings (SSSR count). The molecular formula is C16H21NO4. The molecule has 0 aromatic heterocycles. The molecule has 1 atom stereocenters. The Kier molecular flexibility index (Phi) is 4.21. The van der Waals surface area contributed by atoms with E-state index in [2.05, 4.69) is 0 Å². The number of amides is 1. The Morgan fingerprint density at radius 2 is 2.14 bits per heavy atom. The third-order valence-electron chi connectivity index (χ3n) is 4.23. The summed E-state index contributed by atoms with van der Waals surface area (Å²) >= 11 is 0. The van der Waals surface area contributed by atoms with Gasteiger partial charge in [-0.2, -0.15) is 0 Å². The molecular weight excluding hydrogens is 270 g/mol. The van der Waals surface area contributed by atoms with Crippen molar-refractivity contribution >= 4 is 11.9 Å². The zero-order valence-corrected chi connectivity index (χ0v) is 12.7. The number of nitrogens with zero attached hydrogens (tertiary/aromatic N) is 1. The van der Waals surface area contributed by atoms with Crippen LogP contribution in [0, 0.1) is 6.92 Å². The van der Waals surface area contributed by atoms with Crippen molar-refractivity contribution in [2.24, 2.45) is 0 Å². The first-order valence-electron chi connectivity index (χ1n) is 7.06. The quantitative estimate of drug-likeness (QED) is 0.921. The van der Waals surface area contributed by atoms with Crippen molar-refractivity contribution in [2.75, 3.05) is 13.7 Å². The van der Waals surface area contributed by atoms with Crippen LogP contribution in [-0.4, -0.2) is 41.1 Å². The molecule has 0 radical (unpaired) electrons. The fraction of sp³-hybridized carbons (Fsp3) is 0.500. The smallest absolute Gasteiger partial charge is 0.329 e. The second kappa shape index (κ2) is 5.76. The van der Waals surface area contributed by atoms with Crippen LogP contribution in [0.25, 0.3) is 0 Å². The highest BCUT2D eigenvalue weighted by molar-refractivity contribution is 5.88. The highest BCUT2D eigenvalue weighted by atomic mass is 16.5. The number of methoxy groups -OCH3 is 1. The first kappa shape index (κ1) is 15.4. The second-order valence-corrected chi connectivity index (χ2v) is 5.71. The number of aryl methyl sites for hydroxylation is 1. The van der Waals surface area contributed by atoms with Crippen LogP contribution in [0.1, 0.15) is 30.9 Å². The van der Waals surface area contributed by atoms with Gasteiger partial charge in [-0.15, -0.1) is 0 Å². The molecule has 1 aromatic rings. The first-order valence-corrected chi connectivity index (χ1v) is 7.06. The molecule has 1 aliphatic rings. The molecule has 21 heavy (non-hydrogen) atoms. The van der Waals surface area contributed by atoms with Crippen molar-refractivity contribution < 1.29 is 19.4 Å². The van der Waals surface area contributed by atoms with Crippen molar-refractivity contribution in [3.8, 4) is 5.75 Å². The Hall–Kier alpha value is -2.04. The van der Waals surface area contributed by atoms with Crippen molar-refractivity contribution in [1.82, 2.24) is 4.90 Å². The van der Waals surface area contributed by atoms with Crippen LogP contribution in [0.3, 0.4) is 0 Å². The van der Waals surface area contributed by atoms with Gasteiger partial charge in [0.25, 0.3) is 0 Å². The van der Waals surface area contributed by atoms with E-state index in [0.717, 1.165) is 23.3 Å². The van der Waals surface area contributed by atoms with E-state index in [4.69, 9.17) is 4.74 Å². The van der Waals surface area contributed by atoms with E-state index in [1.54, 1.807) is 14.0 Å².